The van der Waals surface area contributed by atoms with Crippen molar-refractivity contribution >= 4 is 17.8 Å². The zero-order valence-electron chi connectivity index (χ0n) is 9.01. The molecule has 1 aliphatic heterocycles. The number of hydrogen-bond acceptors (Lipinski definition) is 3. The number of nitrogens with one attached hydrogen (secondary N) is 2. The van der Waals surface area contributed by atoms with E-state index in [1.54, 1.807) is 13.0 Å². The predicted octanol–water partition coefficient (Wildman–Crippen LogP) is 0.715. The Hall–Kier alpha value is -1.65. The van der Waals surface area contributed by atoms with E-state index >= 15 is 0 Å². The lowest BCUT2D eigenvalue weighted by Gasteiger charge is -2.31. The van der Waals surface area contributed by atoms with Crippen molar-refractivity contribution in [3.05, 3.63) is 11.6 Å². The molecule has 0 bridgehead atoms. The number of carbonyl (C=O) groups excluding carboxylic acids is 3. The van der Waals surface area contributed by atoms with Crippen LogP contribution in [0, 0.1) is 5.41 Å². The predicted molar refractivity (Wildman–Crippen MR) is 53.8 cm³/mol. The highest BCUT2D eigenvalue weighted by molar-refractivity contribution is 6.20. The summed E-state index contributed by atoms with van der Waals surface area (Å²) in [6.45, 7) is 5.13. The van der Waals surface area contributed by atoms with Crippen molar-refractivity contribution in [3.63, 3.8) is 0 Å². The standard InChI is InChI=1S/C10H14N2O3/c1-4-5-6(2)10(3)7(13)11-9(15)12-8(10)14/h5H,4H2,1-3H3,(H2,11,12,13,14,15)/b6-5+. The molecule has 0 atom stereocenters. The minimum atomic E-state index is -1.27. The molecule has 0 aliphatic carbocycles. The zero-order chi connectivity index (χ0) is 11.6. The lowest BCUT2D eigenvalue weighted by Crippen LogP contribution is -2.61. The van der Waals surface area contributed by atoms with Crippen molar-refractivity contribution in [2.24, 2.45) is 5.41 Å². The molecule has 0 saturated carbocycles. The van der Waals surface area contributed by atoms with Gasteiger partial charge in [0.15, 0.2) is 0 Å². The molecule has 0 radical (unpaired) electrons. The van der Waals surface area contributed by atoms with E-state index in [0.717, 1.165) is 6.42 Å². The third-order valence-corrected chi connectivity index (χ3v) is 2.66. The summed E-state index contributed by atoms with van der Waals surface area (Å²) in [4.78, 5) is 34.1. The Morgan fingerprint density at radius 1 is 1.27 bits per heavy atom. The van der Waals surface area contributed by atoms with E-state index in [0.29, 0.717) is 5.57 Å². The maximum atomic E-state index is 11.6. The zero-order valence-corrected chi connectivity index (χ0v) is 9.01. The van der Waals surface area contributed by atoms with Crippen molar-refractivity contribution in [3.8, 4) is 0 Å². The SMILES string of the molecule is CC/C=C(\C)C1(C)C(=O)NC(=O)NC1=O. The van der Waals surface area contributed by atoms with Gasteiger partial charge in [-0.1, -0.05) is 18.6 Å². The molecule has 1 fully saturated rings. The number of allylic oxidation sites excluding steroid dienone is 1. The smallest absolute Gasteiger partial charge is 0.277 e. The molecule has 0 aromatic heterocycles. The number of imide groups is 2. The molecule has 5 heteroatoms. The minimum absolute atomic E-state index is 0.571. The van der Waals surface area contributed by atoms with E-state index in [2.05, 4.69) is 10.6 Å². The van der Waals surface area contributed by atoms with Gasteiger partial charge in [-0.15, -0.1) is 0 Å². The second-order valence-electron chi connectivity index (χ2n) is 3.66. The van der Waals surface area contributed by atoms with E-state index in [1.165, 1.54) is 6.92 Å². The molecular formula is C10H14N2O3. The van der Waals surface area contributed by atoms with Gasteiger partial charge in [0.2, 0.25) is 11.8 Å². The molecule has 0 spiro atoms. The molecule has 4 amide bonds. The van der Waals surface area contributed by atoms with E-state index < -0.39 is 23.3 Å². The van der Waals surface area contributed by atoms with Crippen LogP contribution in [0.25, 0.3) is 0 Å². The van der Waals surface area contributed by atoms with Crippen LogP contribution in [-0.4, -0.2) is 17.8 Å². The molecule has 1 saturated heterocycles. The maximum Gasteiger partial charge on any atom is 0.328 e. The highest BCUT2D eigenvalue weighted by Crippen LogP contribution is 2.29. The fourth-order valence-corrected chi connectivity index (χ4v) is 1.46. The number of rotatable bonds is 2. The van der Waals surface area contributed by atoms with Crippen LogP contribution in [0.1, 0.15) is 27.2 Å². The van der Waals surface area contributed by atoms with Gasteiger partial charge >= 0.3 is 6.03 Å². The van der Waals surface area contributed by atoms with E-state index in [4.69, 9.17) is 0 Å². The number of carbonyl (C=O) groups is 3. The van der Waals surface area contributed by atoms with E-state index in [-0.39, 0.29) is 0 Å². The Morgan fingerprint density at radius 3 is 2.13 bits per heavy atom. The highest BCUT2D eigenvalue weighted by atomic mass is 16.2. The molecule has 0 unspecified atom stereocenters. The maximum absolute atomic E-state index is 11.6. The quantitative estimate of drug-likeness (QED) is 0.520. The highest BCUT2D eigenvalue weighted by Gasteiger charge is 2.47. The average Bonchev–Trinajstić information content (AvgIpc) is 2.14. The van der Waals surface area contributed by atoms with Gasteiger partial charge in [0.05, 0.1) is 0 Å². The molecule has 2 N–H and O–H groups in total. The second kappa shape index (κ2) is 3.84. The molecule has 1 rings (SSSR count). The lowest BCUT2D eigenvalue weighted by molar-refractivity contribution is -0.140. The first-order valence-corrected chi connectivity index (χ1v) is 4.77. The number of urea groups is 1. The number of barbiturate groups is 1. The Balaban J connectivity index is 3.10. The molecular weight excluding hydrogens is 196 g/mol. The summed E-state index contributed by atoms with van der Waals surface area (Å²) in [5.74, 6) is -1.14. The molecule has 1 aliphatic rings. The minimum Gasteiger partial charge on any atom is -0.277 e. The van der Waals surface area contributed by atoms with Gasteiger partial charge in [-0.25, -0.2) is 4.79 Å². The Bertz CT molecular complexity index is 338. The van der Waals surface area contributed by atoms with Gasteiger partial charge < -0.3 is 0 Å². The first-order valence-electron chi connectivity index (χ1n) is 4.77. The first kappa shape index (κ1) is 11.4. The van der Waals surface area contributed by atoms with Crippen molar-refractivity contribution in [2.75, 3.05) is 0 Å². The van der Waals surface area contributed by atoms with Crippen LogP contribution in [-0.2, 0) is 9.59 Å². The normalized spacial score (nSPS) is 21.0. The summed E-state index contributed by atoms with van der Waals surface area (Å²) in [6.07, 6.45) is 2.53. The molecule has 0 aromatic carbocycles. The van der Waals surface area contributed by atoms with Gasteiger partial charge in [0.25, 0.3) is 0 Å². The van der Waals surface area contributed by atoms with Crippen molar-refractivity contribution in [2.45, 2.75) is 27.2 Å². The van der Waals surface area contributed by atoms with Crippen LogP contribution in [0.3, 0.4) is 0 Å². The Labute approximate surface area is 87.9 Å². The molecule has 0 aromatic rings. The Kier molecular flexibility index (Phi) is 2.93. The monoisotopic (exact) mass is 210 g/mol. The lowest BCUT2D eigenvalue weighted by atomic mass is 9.79. The fraction of sp³-hybridized carbons (Fsp3) is 0.500. The van der Waals surface area contributed by atoms with Crippen LogP contribution in [0.15, 0.2) is 11.6 Å². The second-order valence-corrected chi connectivity index (χ2v) is 3.66. The topological polar surface area (TPSA) is 75.3 Å². The van der Waals surface area contributed by atoms with Crippen molar-refractivity contribution < 1.29 is 14.4 Å². The molecule has 5 nitrogen and oxygen atoms in total. The van der Waals surface area contributed by atoms with Crippen LogP contribution in [0.2, 0.25) is 0 Å². The van der Waals surface area contributed by atoms with Gasteiger partial charge in [-0.2, -0.15) is 0 Å². The summed E-state index contributed by atoms with van der Waals surface area (Å²) in [5.41, 5.74) is -0.628. The average molecular weight is 210 g/mol. The first-order chi connectivity index (χ1) is 6.92. The summed E-state index contributed by atoms with van der Waals surface area (Å²) < 4.78 is 0. The van der Waals surface area contributed by atoms with Crippen molar-refractivity contribution in [1.82, 2.24) is 10.6 Å². The van der Waals surface area contributed by atoms with Gasteiger partial charge in [0.1, 0.15) is 5.41 Å². The van der Waals surface area contributed by atoms with E-state index in [9.17, 15) is 14.4 Å². The summed E-state index contributed by atoms with van der Waals surface area (Å²) in [6, 6.07) is -0.758. The molecule has 1 heterocycles. The van der Waals surface area contributed by atoms with Crippen molar-refractivity contribution in [1.29, 1.82) is 0 Å². The fourth-order valence-electron chi connectivity index (χ4n) is 1.46. The van der Waals surface area contributed by atoms with Gasteiger partial charge in [0, 0.05) is 0 Å². The third kappa shape index (κ3) is 1.77. The number of amides is 4. The van der Waals surface area contributed by atoms with Gasteiger partial charge in [-0.05, 0) is 20.3 Å². The van der Waals surface area contributed by atoms with Gasteiger partial charge in [-0.3, -0.25) is 20.2 Å². The van der Waals surface area contributed by atoms with Crippen LogP contribution >= 0.6 is 0 Å². The molecule has 82 valence electrons. The van der Waals surface area contributed by atoms with Crippen LogP contribution in [0.5, 0.6) is 0 Å². The van der Waals surface area contributed by atoms with E-state index in [1.807, 2.05) is 6.92 Å². The molecule has 15 heavy (non-hydrogen) atoms. The van der Waals surface area contributed by atoms with Crippen LogP contribution < -0.4 is 10.6 Å². The third-order valence-electron chi connectivity index (χ3n) is 2.66. The van der Waals surface area contributed by atoms with Crippen LogP contribution in [0.4, 0.5) is 4.79 Å². The summed E-state index contributed by atoms with van der Waals surface area (Å²) in [5, 5.41) is 4.18. The summed E-state index contributed by atoms with van der Waals surface area (Å²) in [7, 11) is 0. The summed E-state index contributed by atoms with van der Waals surface area (Å²) >= 11 is 0. The Morgan fingerprint density at radius 2 is 1.73 bits per heavy atom. The largest absolute Gasteiger partial charge is 0.328 e. The number of hydrogen-bond donors (Lipinski definition) is 2.